The van der Waals surface area contributed by atoms with Gasteiger partial charge in [0.1, 0.15) is 0 Å². The number of hydrogen-bond donors (Lipinski definition) is 3. The van der Waals surface area contributed by atoms with Gasteiger partial charge in [0.25, 0.3) is 0 Å². The molecule has 0 aromatic carbocycles. The van der Waals surface area contributed by atoms with Crippen LogP contribution in [-0.4, -0.2) is 42.3 Å². The third-order valence-corrected chi connectivity index (χ3v) is 5.64. The highest BCUT2D eigenvalue weighted by molar-refractivity contribution is 7.09. The molecule has 0 atom stereocenters. The second-order valence-corrected chi connectivity index (χ2v) is 7.83. The third-order valence-electron chi connectivity index (χ3n) is 4.81. The Hall–Kier alpha value is -1.14. The van der Waals surface area contributed by atoms with Crippen LogP contribution in [0.15, 0.2) is 10.4 Å². The number of aliphatic imine (C=N–C) groups is 1. The Morgan fingerprint density at radius 2 is 2.12 bits per heavy atom. The van der Waals surface area contributed by atoms with E-state index in [1.165, 1.54) is 32.1 Å². The summed E-state index contributed by atoms with van der Waals surface area (Å²) in [5.41, 5.74) is 1.34. The lowest BCUT2D eigenvalue weighted by molar-refractivity contribution is 0.137. The van der Waals surface area contributed by atoms with Gasteiger partial charge < -0.3 is 15.7 Å². The highest BCUT2D eigenvalue weighted by Gasteiger charge is 2.31. The molecule has 0 unspecified atom stereocenters. The molecule has 1 heterocycles. The van der Waals surface area contributed by atoms with Gasteiger partial charge in [-0.1, -0.05) is 19.3 Å². The van der Waals surface area contributed by atoms with Crippen LogP contribution in [-0.2, 0) is 6.42 Å². The molecule has 1 aliphatic rings. The summed E-state index contributed by atoms with van der Waals surface area (Å²) >= 11 is 1.70. The van der Waals surface area contributed by atoms with Crippen LogP contribution in [0.3, 0.4) is 0 Å². The maximum atomic E-state index is 9.44. The minimum absolute atomic E-state index is 0.196. The van der Waals surface area contributed by atoms with E-state index in [2.05, 4.69) is 27.9 Å². The number of guanidine groups is 1. The highest BCUT2D eigenvalue weighted by Crippen LogP contribution is 2.39. The number of nitrogens with zero attached hydrogens (tertiary/aromatic N) is 2. The Balaban J connectivity index is 1.88. The van der Waals surface area contributed by atoms with Crippen molar-refractivity contribution >= 4 is 17.3 Å². The van der Waals surface area contributed by atoms with Crippen molar-refractivity contribution in [3.63, 3.8) is 0 Å². The molecule has 1 saturated carbocycles. The lowest BCUT2D eigenvalue weighted by Crippen LogP contribution is -2.40. The van der Waals surface area contributed by atoms with Gasteiger partial charge in [0, 0.05) is 38.0 Å². The summed E-state index contributed by atoms with van der Waals surface area (Å²) in [6, 6.07) is 0. The smallest absolute Gasteiger partial charge is 0.191 e. The Morgan fingerprint density at radius 1 is 1.33 bits per heavy atom. The number of thiazole rings is 1. The van der Waals surface area contributed by atoms with Crippen LogP contribution in [0.25, 0.3) is 0 Å². The quantitative estimate of drug-likeness (QED) is 0.497. The Bertz CT molecular complexity index is 503. The molecule has 0 radical (unpaired) electrons. The zero-order valence-electron chi connectivity index (χ0n) is 15.1. The van der Waals surface area contributed by atoms with Gasteiger partial charge in [0.2, 0.25) is 0 Å². The molecule has 0 spiro atoms. The molecule has 6 heteroatoms. The molecule has 0 bridgehead atoms. The standard InChI is InChI=1S/C18H32N4OS/c1-3-19-17(20-11-7-16-13-24-15(2)22-16)21-14-18(10-12-23)8-5-4-6-9-18/h13,23H,3-12,14H2,1-2H3,(H2,19,20,21). The number of aliphatic hydroxyl groups excluding tert-OH is 1. The minimum Gasteiger partial charge on any atom is -0.396 e. The van der Waals surface area contributed by atoms with Crippen molar-refractivity contribution in [2.24, 2.45) is 10.4 Å². The first-order chi connectivity index (χ1) is 11.7. The molecule has 1 fully saturated rings. The number of rotatable bonds is 8. The van der Waals surface area contributed by atoms with Crippen molar-refractivity contribution in [2.45, 2.75) is 58.8 Å². The maximum absolute atomic E-state index is 9.44. The van der Waals surface area contributed by atoms with E-state index >= 15 is 0 Å². The van der Waals surface area contributed by atoms with Crippen LogP contribution in [0.4, 0.5) is 0 Å². The number of aliphatic hydroxyl groups is 1. The van der Waals surface area contributed by atoms with Gasteiger partial charge in [-0.3, -0.25) is 4.99 Å². The second kappa shape index (κ2) is 9.99. The maximum Gasteiger partial charge on any atom is 0.191 e. The molecule has 24 heavy (non-hydrogen) atoms. The summed E-state index contributed by atoms with van der Waals surface area (Å²) in [7, 11) is 0. The zero-order chi connectivity index (χ0) is 17.3. The average molecular weight is 353 g/mol. The van der Waals surface area contributed by atoms with Crippen LogP contribution < -0.4 is 10.6 Å². The first-order valence-corrected chi connectivity index (χ1v) is 10.1. The molecule has 1 aromatic rings. The van der Waals surface area contributed by atoms with E-state index in [4.69, 9.17) is 4.99 Å². The molecule has 1 aromatic heterocycles. The van der Waals surface area contributed by atoms with Crippen molar-refractivity contribution in [1.82, 2.24) is 15.6 Å². The van der Waals surface area contributed by atoms with Crippen molar-refractivity contribution in [1.29, 1.82) is 0 Å². The van der Waals surface area contributed by atoms with Crippen LogP contribution in [0.2, 0.25) is 0 Å². The van der Waals surface area contributed by atoms with E-state index in [-0.39, 0.29) is 12.0 Å². The lowest BCUT2D eigenvalue weighted by atomic mass is 9.72. The first-order valence-electron chi connectivity index (χ1n) is 9.21. The van der Waals surface area contributed by atoms with E-state index < -0.39 is 0 Å². The van der Waals surface area contributed by atoms with Crippen LogP contribution in [0.1, 0.15) is 56.2 Å². The Kier molecular flexibility index (Phi) is 7.99. The second-order valence-electron chi connectivity index (χ2n) is 6.76. The van der Waals surface area contributed by atoms with E-state index in [0.29, 0.717) is 0 Å². The van der Waals surface area contributed by atoms with Gasteiger partial charge in [-0.15, -0.1) is 11.3 Å². The van der Waals surface area contributed by atoms with Crippen molar-refractivity contribution in [3.8, 4) is 0 Å². The van der Waals surface area contributed by atoms with Gasteiger partial charge in [-0.05, 0) is 38.5 Å². The summed E-state index contributed by atoms with van der Waals surface area (Å²) in [4.78, 5) is 9.33. The van der Waals surface area contributed by atoms with Gasteiger partial charge in [0.05, 0.1) is 10.7 Å². The SMILES string of the molecule is CCNC(=NCC1(CCO)CCCCC1)NCCc1csc(C)n1. The van der Waals surface area contributed by atoms with E-state index in [1.54, 1.807) is 11.3 Å². The van der Waals surface area contributed by atoms with Crippen molar-refractivity contribution in [3.05, 3.63) is 16.1 Å². The summed E-state index contributed by atoms with van der Waals surface area (Å²) in [6.45, 7) is 6.89. The fourth-order valence-electron chi connectivity index (χ4n) is 3.45. The summed E-state index contributed by atoms with van der Waals surface area (Å²) < 4.78 is 0. The average Bonchev–Trinajstić information content (AvgIpc) is 2.99. The highest BCUT2D eigenvalue weighted by atomic mass is 32.1. The predicted molar refractivity (Wildman–Crippen MR) is 102 cm³/mol. The lowest BCUT2D eigenvalue weighted by Gasteiger charge is -2.35. The van der Waals surface area contributed by atoms with Gasteiger partial charge in [0.15, 0.2) is 5.96 Å². The molecular weight excluding hydrogens is 320 g/mol. The minimum atomic E-state index is 0.196. The molecule has 136 valence electrons. The van der Waals surface area contributed by atoms with Crippen LogP contribution in [0, 0.1) is 12.3 Å². The molecule has 0 saturated heterocycles. The zero-order valence-corrected chi connectivity index (χ0v) is 15.9. The number of hydrogen-bond acceptors (Lipinski definition) is 4. The summed E-state index contributed by atoms with van der Waals surface area (Å²) in [5.74, 6) is 0.882. The molecule has 1 aliphatic carbocycles. The predicted octanol–water partition coefficient (Wildman–Crippen LogP) is 2.88. The van der Waals surface area contributed by atoms with Gasteiger partial charge in [-0.2, -0.15) is 0 Å². The van der Waals surface area contributed by atoms with Crippen LogP contribution >= 0.6 is 11.3 Å². The number of nitrogens with one attached hydrogen (secondary N) is 2. The molecule has 0 amide bonds. The fraction of sp³-hybridized carbons (Fsp3) is 0.778. The van der Waals surface area contributed by atoms with Gasteiger partial charge >= 0.3 is 0 Å². The summed E-state index contributed by atoms with van der Waals surface area (Å²) in [6.07, 6.45) is 8.02. The normalized spacial score (nSPS) is 17.7. The van der Waals surface area contributed by atoms with Crippen molar-refractivity contribution in [2.75, 3.05) is 26.2 Å². The van der Waals surface area contributed by atoms with E-state index in [9.17, 15) is 5.11 Å². The van der Waals surface area contributed by atoms with Crippen molar-refractivity contribution < 1.29 is 5.11 Å². The fourth-order valence-corrected chi connectivity index (χ4v) is 4.09. The first kappa shape index (κ1) is 19.2. The Morgan fingerprint density at radius 3 is 2.75 bits per heavy atom. The molecule has 5 nitrogen and oxygen atoms in total. The number of aromatic nitrogens is 1. The monoisotopic (exact) mass is 352 g/mol. The van der Waals surface area contributed by atoms with Gasteiger partial charge in [-0.25, -0.2) is 4.98 Å². The molecular formula is C18H32N4OS. The Labute approximate surface area is 150 Å². The summed E-state index contributed by atoms with van der Waals surface area (Å²) in [5, 5.41) is 19.4. The van der Waals surface area contributed by atoms with E-state index in [1.807, 2.05) is 6.92 Å². The third kappa shape index (κ3) is 6.06. The number of aryl methyl sites for hydroxylation is 1. The molecule has 0 aliphatic heterocycles. The largest absolute Gasteiger partial charge is 0.396 e. The van der Waals surface area contributed by atoms with E-state index in [0.717, 1.165) is 49.1 Å². The van der Waals surface area contributed by atoms with Crippen LogP contribution in [0.5, 0.6) is 0 Å². The topological polar surface area (TPSA) is 69.5 Å². The molecule has 2 rings (SSSR count). The molecule has 3 N–H and O–H groups in total.